The molecule has 0 spiro atoms. The maximum atomic E-state index is 13.7. The van der Waals surface area contributed by atoms with Crippen molar-refractivity contribution in [3.8, 4) is 0 Å². The van der Waals surface area contributed by atoms with Crippen molar-refractivity contribution in [3.05, 3.63) is 65.5 Å². The largest absolute Gasteiger partial charge is 0.274 e. The molecule has 1 saturated heterocycles. The molecule has 1 heterocycles. The number of carbonyl (C=O) groups is 2. The Bertz CT molecular complexity index is 777. The molecular weight excluding hydrogens is 307 g/mol. The summed E-state index contributed by atoms with van der Waals surface area (Å²) >= 11 is 0. The predicted molar refractivity (Wildman–Crippen MR) is 77.1 cm³/mol. The van der Waals surface area contributed by atoms with Crippen LogP contribution in [0.15, 0.2) is 42.5 Å². The van der Waals surface area contributed by atoms with Crippen molar-refractivity contribution in [1.29, 1.82) is 0 Å². The molecule has 1 atom stereocenters. The standard InChI is InChI=1S/C17H12F3NO2/c18-13-7-6-10(15(19)16(13)20)8-11-9-14(22)21(17(11)23)12-4-2-1-3-5-12/h1-7,11H,8-9H2. The van der Waals surface area contributed by atoms with Gasteiger partial charge in [0.15, 0.2) is 17.5 Å². The number of hydrogen-bond acceptors (Lipinski definition) is 2. The summed E-state index contributed by atoms with van der Waals surface area (Å²) in [5.41, 5.74) is 0.320. The topological polar surface area (TPSA) is 37.4 Å². The van der Waals surface area contributed by atoms with Crippen molar-refractivity contribution in [2.75, 3.05) is 4.90 Å². The fraction of sp³-hybridized carbons (Fsp3) is 0.176. The Labute approximate surface area is 130 Å². The van der Waals surface area contributed by atoms with Gasteiger partial charge in [-0.2, -0.15) is 0 Å². The minimum atomic E-state index is -1.57. The van der Waals surface area contributed by atoms with Crippen molar-refractivity contribution < 1.29 is 22.8 Å². The lowest BCUT2D eigenvalue weighted by atomic mass is 9.97. The van der Waals surface area contributed by atoms with E-state index >= 15 is 0 Å². The Hall–Kier alpha value is -2.63. The molecule has 1 fully saturated rings. The molecule has 2 amide bonds. The van der Waals surface area contributed by atoms with E-state index in [1.165, 1.54) is 0 Å². The number of benzene rings is 2. The minimum Gasteiger partial charge on any atom is -0.274 e. The van der Waals surface area contributed by atoms with Crippen LogP contribution in [0.1, 0.15) is 12.0 Å². The van der Waals surface area contributed by atoms with Crippen LogP contribution in [-0.2, 0) is 16.0 Å². The van der Waals surface area contributed by atoms with Gasteiger partial charge in [0.05, 0.1) is 11.6 Å². The average molecular weight is 319 g/mol. The molecule has 2 aromatic rings. The van der Waals surface area contributed by atoms with Gasteiger partial charge in [0, 0.05) is 6.42 Å². The highest BCUT2D eigenvalue weighted by molar-refractivity contribution is 6.20. The number of anilines is 1. The molecule has 2 aromatic carbocycles. The molecule has 3 rings (SSSR count). The van der Waals surface area contributed by atoms with Crippen LogP contribution in [0.2, 0.25) is 0 Å². The molecule has 23 heavy (non-hydrogen) atoms. The van der Waals surface area contributed by atoms with Crippen LogP contribution in [0, 0.1) is 23.4 Å². The molecule has 1 aliphatic rings. The van der Waals surface area contributed by atoms with E-state index in [4.69, 9.17) is 0 Å². The van der Waals surface area contributed by atoms with Gasteiger partial charge in [0.1, 0.15) is 0 Å². The summed E-state index contributed by atoms with van der Waals surface area (Å²) in [6.45, 7) is 0. The van der Waals surface area contributed by atoms with Crippen LogP contribution in [-0.4, -0.2) is 11.8 Å². The molecule has 118 valence electrons. The number of nitrogens with zero attached hydrogens (tertiary/aromatic N) is 1. The third kappa shape index (κ3) is 2.72. The molecule has 0 aliphatic carbocycles. The maximum absolute atomic E-state index is 13.7. The van der Waals surface area contributed by atoms with Crippen molar-refractivity contribution in [1.82, 2.24) is 0 Å². The van der Waals surface area contributed by atoms with Gasteiger partial charge in [-0.15, -0.1) is 0 Å². The smallest absolute Gasteiger partial charge is 0.237 e. The zero-order valence-electron chi connectivity index (χ0n) is 11.9. The van der Waals surface area contributed by atoms with Crippen molar-refractivity contribution >= 4 is 17.5 Å². The van der Waals surface area contributed by atoms with Gasteiger partial charge in [0.2, 0.25) is 11.8 Å². The Morgan fingerprint density at radius 3 is 2.35 bits per heavy atom. The van der Waals surface area contributed by atoms with Gasteiger partial charge < -0.3 is 0 Å². The highest BCUT2D eigenvalue weighted by Gasteiger charge is 2.39. The molecular formula is C17H12F3NO2. The Morgan fingerprint density at radius 1 is 0.957 bits per heavy atom. The SMILES string of the molecule is O=C1CC(Cc2ccc(F)c(F)c2F)C(=O)N1c1ccccc1. The second-order valence-electron chi connectivity index (χ2n) is 5.34. The van der Waals surface area contributed by atoms with Crippen LogP contribution < -0.4 is 4.90 Å². The van der Waals surface area contributed by atoms with Crippen LogP contribution >= 0.6 is 0 Å². The Kier molecular flexibility index (Phi) is 3.90. The van der Waals surface area contributed by atoms with E-state index in [-0.39, 0.29) is 18.4 Å². The number of imide groups is 1. The van der Waals surface area contributed by atoms with Crippen molar-refractivity contribution in [2.45, 2.75) is 12.8 Å². The van der Waals surface area contributed by atoms with E-state index in [0.29, 0.717) is 5.69 Å². The van der Waals surface area contributed by atoms with Gasteiger partial charge in [-0.05, 0) is 30.2 Å². The third-order valence-electron chi connectivity index (χ3n) is 3.84. The average Bonchev–Trinajstić information content (AvgIpc) is 2.83. The van der Waals surface area contributed by atoms with Crippen LogP contribution in [0.4, 0.5) is 18.9 Å². The molecule has 6 heteroatoms. The molecule has 3 nitrogen and oxygen atoms in total. The summed E-state index contributed by atoms with van der Waals surface area (Å²) in [7, 11) is 0. The molecule has 1 unspecified atom stereocenters. The lowest BCUT2D eigenvalue weighted by Gasteiger charge is -2.15. The highest BCUT2D eigenvalue weighted by Crippen LogP contribution is 2.29. The number of amides is 2. The van der Waals surface area contributed by atoms with E-state index < -0.39 is 35.2 Å². The Balaban J connectivity index is 1.85. The molecule has 0 bridgehead atoms. The first-order valence-electron chi connectivity index (χ1n) is 7.03. The van der Waals surface area contributed by atoms with E-state index in [1.807, 2.05) is 0 Å². The summed E-state index contributed by atoms with van der Waals surface area (Å²) in [5, 5.41) is 0. The van der Waals surface area contributed by atoms with Crippen molar-refractivity contribution in [3.63, 3.8) is 0 Å². The molecule has 0 N–H and O–H groups in total. The summed E-state index contributed by atoms with van der Waals surface area (Å²) in [4.78, 5) is 25.5. The summed E-state index contributed by atoms with van der Waals surface area (Å²) in [6, 6.07) is 10.3. The fourth-order valence-electron chi connectivity index (χ4n) is 2.69. The monoisotopic (exact) mass is 319 g/mol. The highest BCUT2D eigenvalue weighted by atomic mass is 19.2. The maximum Gasteiger partial charge on any atom is 0.237 e. The summed E-state index contributed by atoms with van der Waals surface area (Å²) in [5.74, 6) is -5.82. The second-order valence-corrected chi connectivity index (χ2v) is 5.34. The summed E-state index contributed by atoms with van der Waals surface area (Å²) in [6.07, 6.45) is -0.247. The van der Waals surface area contributed by atoms with Crippen LogP contribution in [0.3, 0.4) is 0 Å². The quantitative estimate of drug-likeness (QED) is 0.643. The van der Waals surface area contributed by atoms with Crippen molar-refractivity contribution in [2.24, 2.45) is 5.92 Å². The van der Waals surface area contributed by atoms with E-state index in [2.05, 4.69) is 0 Å². The number of hydrogen-bond donors (Lipinski definition) is 0. The van der Waals surface area contributed by atoms with E-state index in [0.717, 1.165) is 17.0 Å². The molecule has 0 radical (unpaired) electrons. The first kappa shape index (κ1) is 15.3. The Morgan fingerprint density at radius 2 is 1.65 bits per heavy atom. The number of rotatable bonds is 3. The fourth-order valence-corrected chi connectivity index (χ4v) is 2.69. The number of halogens is 3. The van der Waals surface area contributed by atoms with Gasteiger partial charge in [-0.3, -0.25) is 14.5 Å². The normalized spacial score (nSPS) is 17.9. The first-order chi connectivity index (χ1) is 11.0. The molecule has 0 saturated carbocycles. The molecule has 1 aliphatic heterocycles. The van der Waals surface area contributed by atoms with Crippen LogP contribution in [0.25, 0.3) is 0 Å². The third-order valence-corrected chi connectivity index (χ3v) is 3.84. The van der Waals surface area contributed by atoms with Gasteiger partial charge in [-0.1, -0.05) is 24.3 Å². The molecule has 0 aromatic heterocycles. The second kappa shape index (κ2) is 5.87. The van der Waals surface area contributed by atoms with Gasteiger partial charge >= 0.3 is 0 Å². The predicted octanol–water partition coefficient (Wildman–Crippen LogP) is 3.23. The zero-order valence-corrected chi connectivity index (χ0v) is 11.9. The van der Waals surface area contributed by atoms with Gasteiger partial charge in [-0.25, -0.2) is 13.2 Å². The zero-order chi connectivity index (χ0) is 16.6. The minimum absolute atomic E-state index is 0.0911. The lowest BCUT2D eigenvalue weighted by molar-refractivity contribution is -0.122. The van der Waals surface area contributed by atoms with E-state index in [1.54, 1.807) is 30.3 Å². The number of carbonyl (C=O) groups excluding carboxylic acids is 2. The van der Waals surface area contributed by atoms with Crippen LogP contribution in [0.5, 0.6) is 0 Å². The first-order valence-corrected chi connectivity index (χ1v) is 7.03. The van der Waals surface area contributed by atoms with Gasteiger partial charge in [0.25, 0.3) is 0 Å². The number of para-hydroxylation sites is 1. The summed E-state index contributed by atoms with van der Waals surface area (Å²) < 4.78 is 40.0. The van der Waals surface area contributed by atoms with E-state index in [9.17, 15) is 22.8 Å². The lowest BCUT2D eigenvalue weighted by Crippen LogP contribution is -2.30.